The number of rotatable bonds is 18. The number of unbranched alkanes of at least 4 members (excludes halogenated alkanes) is 13. The molecular weight excluding hydrogens is 264 g/mol. The number of hydrogen-bond acceptors (Lipinski definition) is 0. The molecule has 0 heteroatoms. The summed E-state index contributed by atoms with van der Waals surface area (Å²) in [5.74, 6) is 0.981. The van der Waals surface area contributed by atoms with E-state index in [9.17, 15) is 0 Å². The molecule has 1 atom stereocenters. The van der Waals surface area contributed by atoms with E-state index in [1.54, 1.807) is 0 Å². The molecule has 0 saturated heterocycles. The second kappa shape index (κ2) is 19.0. The monoisotopic (exact) mass is 309 g/mol. The lowest BCUT2D eigenvalue weighted by molar-refractivity contribution is 0.402. The molecule has 0 aromatic carbocycles. The molecule has 133 valence electrons. The van der Waals surface area contributed by atoms with Gasteiger partial charge in [0.2, 0.25) is 0 Å². The first-order valence-electron chi connectivity index (χ1n) is 10.6. The van der Waals surface area contributed by atoms with E-state index < -0.39 is 0 Å². The van der Waals surface area contributed by atoms with Crippen LogP contribution in [-0.4, -0.2) is 0 Å². The Balaban J connectivity index is 3.13. The Morgan fingerprint density at radius 1 is 0.545 bits per heavy atom. The van der Waals surface area contributed by atoms with Crippen molar-refractivity contribution in [2.45, 2.75) is 129 Å². The van der Waals surface area contributed by atoms with E-state index >= 15 is 0 Å². The molecular formula is C22H45. The molecule has 0 aromatic rings. The van der Waals surface area contributed by atoms with Gasteiger partial charge in [-0.25, -0.2) is 0 Å². The molecule has 0 spiro atoms. The maximum atomic E-state index is 3.96. The highest BCUT2D eigenvalue weighted by Crippen LogP contribution is 2.20. The van der Waals surface area contributed by atoms with Crippen LogP contribution in [0, 0.1) is 12.8 Å². The molecule has 0 aromatic heterocycles. The van der Waals surface area contributed by atoms with Crippen LogP contribution in [0.25, 0.3) is 0 Å². The van der Waals surface area contributed by atoms with Crippen molar-refractivity contribution in [1.82, 2.24) is 0 Å². The largest absolute Gasteiger partial charge is 0.0654 e. The van der Waals surface area contributed by atoms with Crippen LogP contribution in [0.15, 0.2) is 0 Å². The number of hydrogen-bond donors (Lipinski definition) is 0. The summed E-state index contributed by atoms with van der Waals surface area (Å²) in [6.45, 7) is 8.62. The lowest BCUT2D eigenvalue weighted by atomic mass is 9.93. The second-order valence-electron chi connectivity index (χ2n) is 7.30. The molecule has 0 nitrogen and oxygen atoms in total. The standard InChI is InChI=1S/C22H45/c1-4-7-9-10-11-12-13-14-15-16-17-18-19-21-22(6-3)20-8-5-2/h22H,2,4-21H2,1,3H3. The van der Waals surface area contributed by atoms with Crippen LogP contribution in [0.2, 0.25) is 0 Å². The third kappa shape index (κ3) is 16.4. The van der Waals surface area contributed by atoms with Crippen molar-refractivity contribution in [1.29, 1.82) is 0 Å². The predicted molar refractivity (Wildman–Crippen MR) is 103 cm³/mol. The van der Waals surface area contributed by atoms with E-state index in [2.05, 4.69) is 20.8 Å². The molecule has 0 N–H and O–H groups in total. The van der Waals surface area contributed by atoms with Gasteiger partial charge in [-0.3, -0.25) is 0 Å². The van der Waals surface area contributed by atoms with Gasteiger partial charge in [-0.15, -0.1) is 0 Å². The fourth-order valence-electron chi connectivity index (χ4n) is 3.44. The first-order valence-corrected chi connectivity index (χ1v) is 10.6. The normalized spacial score (nSPS) is 12.7. The van der Waals surface area contributed by atoms with Crippen LogP contribution in [-0.2, 0) is 0 Å². The van der Waals surface area contributed by atoms with Crippen LogP contribution in [0.4, 0.5) is 0 Å². The van der Waals surface area contributed by atoms with E-state index in [4.69, 9.17) is 0 Å². The minimum atomic E-state index is 0.981. The Bertz CT molecular complexity index is 184. The van der Waals surface area contributed by atoms with Crippen molar-refractivity contribution in [2.75, 3.05) is 0 Å². The Kier molecular flexibility index (Phi) is 19.0. The molecule has 0 rings (SSSR count). The zero-order valence-corrected chi connectivity index (χ0v) is 16.0. The lowest BCUT2D eigenvalue weighted by Gasteiger charge is -2.13. The fraction of sp³-hybridized carbons (Fsp3) is 0.955. The Labute approximate surface area is 142 Å². The SMILES string of the molecule is [CH2]CCCC(CC)CCCCCCCCCCCCCCC. The fourth-order valence-corrected chi connectivity index (χ4v) is 3.44. The van der Waals surface area contributed by atoms with Crippen LogP contribution in [0.1, 0.15) is 129 Å². The van der Waals surface area contributed by atoms with E-state index in [-0.39, 0.29) is 0 Å². The van der Waals surface area contributed by atoms with Crippen molar-refractivity contribution in [2.24, 2.45) is 5.92 Å². The Hall–Kier alpha value is 0. The van der Waals surface area contributed by atoms with Gasteiger partial charge in [0.1, 0.15) is 0 Å². The summed E-state index contributed by atoms with van der Waals surface area (Å²) in [5.41, 5.74) is 0. The molecule has 22 heavy (non-hydrogen) atoms. The van der Waals surface area contributed by atoms with Crippen LogP contribution in [0.5, 0.6) is 0 Å². The molecule has 0 bridgehead atoms. The van der Waals surface area contributed by atoms with Gasteiger partial charge >= 0.3 is 0 Å². The Morgan fingerprint density at radius 2 is 0.955 bits per heavy atom. The van der Waals surface area contributed by atoms with Gasteiger partial charge in [0, 0.05) is 0 Å². The first kappa shape index (κ1) is 22.0. The molecule has 0 amide bonds. The smallest absolute Gasteiger partial charge is 0.0417 e. The molecule has 0 fully saturated rings. The Morgan fingerprint density at radius 3 is 1.36 bits per heavy atom. The van der Waals surface area contributed by atoms with Gasteiger partial charge in [0.25, 0.3) is 0 Å². The van der Waals surface area contributed by atoms with Crippen LogP contribution >= 0.6 is 0 Å². The van der Waals surface area contributed by atoms with Gasteiger partial charge in [0.05, 0.1) is 0 Å². The summed E-state index contributed by atoms with van der Waals surface area (Å²) in [4.78, 5) is 0. The summed E-state index contributed by atoms with van der Waals surface area (Å²) in [6, 6.07) is 0. The average molecular weight is 310 g/mol. The van der Waals surface area contributed by atoms with Gasteiger partial charge in [-0.05, 0) is 5.92 Å². The molecule has 0 aliphatic rings. The van der Waals surface area contributed by atoms with Gasteiger partial charge in [-0.1, -0.05) is 136 Å². The zero-order chi connectivity index (χ0) is 16.3. The van der Waals surface area contributed by atoms with E-state index in [0.717, 1.165) is 12.3 Å². The molecule has 0 aliphatic heterocycles. The molecule has 0 saturated carbocycles. The van der Waals surface area contributed by atoms with Crippen LogP contribution in [0.3, 0.4) is 0 Å². The highest BCUT2D eigenvalue weighted by Gasteiger charge is 2.04. The van der Waals surface area contributed by atoms with Crippen molar-refractivity contribution < 1.29 is 0 Å². The van der Waals surface area contributed by atoms with E-state index in [1.165, 1.54) is 109 Å². The summed E-state index contributed by atoms with van der Waals surface area (Å²) in [6.07, 6.45) is 25.7. The maximum Gasteiger partial charge on any atom is -0.0417 e. The van der Waals surface area contributed by atoms with Gasteiger partial charge < -0.3 is 0 Å². The minimum absolute atomic E-state index is 0.981. The topological polar surface area (TPSA) is 0 Å². The van der Waals surface area contributed by atoms with Gasteiger partial charge in [0.15, 0.2) is 0 Å². The molecule has 0 heterocycles. The molecule has 0 aliphatic carbocycles. The summed E-state index contributed by atoms with van der Waals surface area (Å²) in [5, 5.41) is 0. The minimum Gasteiger partial charge on any atom is -0.0654 e. The molecule has 1 radical (unpaired) electrons. The van der Waals surface area contributed by atoms with Gasteiger partial charge in [-0.2, -0.15) is 0 Å². The van der Waals surface area contributed by atoms with Crippen molar-refractivity contribution in [3.63, 3.8) is 0 Å². The zero-order valence-electron chi connectivity index (χ0n) is 16.0. The predicted octanol–water partition coefficient (Wildman–Crippen LogP) is 8.50. The van der Waals surface area contributed by atoms with Crippen molar-refractivity contribution in [3.05, 3.63) is 6.92 Å². The van der Waals surface area contributed by atoms with Crippen molar-refractivity contribution >= 4 is 0 Å². The molecule has 1 unspecified atom stereocenters. The highest BCUT2D eigenvalue weighted by atomic mass is 14.1. The van der Waals surface area contributed by atoms with E-state index in [1.807, 2.05) is 0 Å². The first-order chi connectivity index (χ1) is 10.8. The summed E-state index contributed by atoms with van der Waals surface area (Å²) < 4.78 is 0. The van der Waals surface area contributed by atoms with E-state index in [0.29, 0.717) is 0 Å². The van der Waals surface area contributed by atoms with Crippen LogP contribution < -0.4 is 0 Å². The third-order valence-corrected chi connectivity index (χ3v) is 5.16. The summed E-state index contributed by atoms with van der Waals surface area (Å²) in [7, 11) is 0. The average Bonchev–Trinajstić information content (AvgIpc) is 2.54. The maximum absolute atomic E-state index is 3.96. The quantitative estimate of drug-likeness (QED) is 0.223. The lowest BCUT2D eigenvalue weighted by Crippen LogP contribution is -1.98. The third-order valence-electron chi connectivity index (χ3n) is 5.16. The second-order valence-corrected chi connectivity index (χ2v) is 7.30. The highest BCUT2D eigenvalue weighted by molar-refractivity contribution is 4.59. The summed E-state index contributed by atoms with van der Waals surface area (Å²) >= 11 is 0. The van der Waals surface area contributed by atoms with Crippen molar-refractivity contribution in [3.8, 4) is 0 Å².